The van der Waals surface area contributed by atoms with Gasteiger partial charge in [-0.25, -0.2) is 14.6 Å². The van der Waals surface area contributed by atoms with Gasteiger partial charge in [0.15, 0.2) is 5.82 Å². The fraction of sp³-hybridized carbons (Fsp3) is 0.417. The van der Waals surface area contributed by atoms with Crippen LogP contribution in [0.1, 0.15) is 6.42 Å². The number of anilines is 1. The highest BCUT2D eigenvalue weighted by molar-refractivity contribution is 5.43. The Balaban J connectivity index is 1.60. The van der Waals surface area contributed by atoms with Crippen LogP contribution in [0.5, 0.6) is 0 Å². The standard InChI is InChI=1S/C12H15N5O/c1-2-12(17-9-13-8-16-17)15-6-11(1)14-5-10-3-4-18-7-10/h1-2,6,8-10,14H,3-5,7H2. The first-order valence-electron chi connectivity index (χ1n) is 6.04. The Bertz CT molecular complexity index is 476. The van der Waals surface area contributed by atoms with E-state index in [2.05, 4.69) is 20.4 Å². The van der Waals surface area contributed by atoms with E-state index in [4.69, 9.17) is 4.74 Å². The van der Waals surface area contributed by atoms with Crippen molar-refractivity contribution in [3.8, 4) is 5.82 Å². The predicted octanol–water partition coefficient (Wildman–Crippen LogP) is 1.11. The highest BCUT2D eigenvalue weighted by atomic mass is 16.5. The molecule has 0 amide bonds. The van der Waals surface area contributed by atoms with Crippen LogP contribution in [0.25, 0.3) is 5.82 Å². The smallest absolute Gasteiger partial charge is 0.155 e. The minimum atomic E-state index is 0.611. The summed E-state index contributed by atoms with van der Waals surface area (Å²) in [6.07, 6.45) is 6.07. The zero-order chi connectivity index (χ0) is 12.2. The van der Waals surface area contributed by atoms with Crippen molar-refractivity contribution in [2.75, 3.05) is 25.1 Å². The predicted molar refractivity (Wildman–Crippen MR) is 66.6 cm³/mol. The van der Waals surface area contributed by atoms with Gasteiger partial charge in [-0.05, 0) is 18.6 Å². The highest BCUT2D eigenvalue weighted by Gasteiger charge is 2.14. The molecule has 1 atom stereocenters. The van der Waals surface area contributed by atoms with Gasteiger partial charge in [0.1, 0.15) is 12.7 Å². The van der Waals surface area contributed by atoms with E-state index in [9.17, 15) is 0 Å². The molecule has 0 spiro atoms. The summed E-state index contributed by atoms with van der Waals surface area (Å²) < 4.78 is 6.97. The number of nitrogens with one attached hydrogen (secondary N) is 1. The third-order valence-electron chi connectivity index (χ3n) is 3.02. The fourth-order valence-electron chi connectivity index (χ4n) is 1.96. The SMILES string of the molecule is c1ncn(-c2ccc(NCC3CCOC3)cn2)n1. The first-order chi connectivity index (χ1) is 8.92. The molecule has 94 valence electrons. The maximum Gasteiger partial charge on any atom is 0.155 e. The van der Waals surface area contributed by atoms with E-state index in [0.717, 1.165) is 37.7 Å². The van der Waals surface area contributed by atoms with E-state index in [0.29, 0.717) is 5.92 Å². The summed E-state index contributed by atoms with van der Waals surface area (Å²) >= 11 is 0. The minimum Gasteiger partial charge on any atom is -0.383 e. The zero-order valence-electron chi connectivity index (χ0n) is 9.99. The lowest BCUT2D eigenvalue weighted by Crippen LogP contribution is -2.14. The van der Waals surface area contributed by atoms with Crippen LogP contribution in [0.4, 0.5) is 5.69 Å². The van der Waals surface area contributed by atoms with Gasteiger partial charge in [0, 0.05) is 19.1 Å². The molecule has 1 unspecified atom stereocenters. The third kappa shape index (κ3) is 2.48. The van der Waals surface area contributed by atoms with Crippen molar-refractivity contribution in [2.24, 2.45) is 5.92 Å². The molecule has 0 bridgehead atoms. The molecule has 1 aliphatic rings. The topological polar surface area (TPSA) is 64.9 Å². The van der Waals surface area contributed by atoms with Gasteiger partial charge in [-0.1, -0.05) is 0 Å². The molecule has 18 heavy (non-hydrogen) atoms. The van der Waals surface area contributed by atoms with Crippen molar-refractivity contribution < 1.29 is 4.74 Å². The van der Waals surface area contributed by atoms with Gasteiger partial charge in [0.05, 0.1) is 18.5 Å². The van der Waals surface area contributed by atoms with Crippen molar-refractivity contribution in [3.63, 3.8) is 0 Å². The van der Waals surface area contributed by atoms with Crippen LogP contribution < -0.4 is 5.32 Å². The second-order valence-electron chi connectivity index (χ2n) is 4.36. The van der Waals surface area contributed by atoms with Crippen molar-refractivity contribution in [3.05, 3.63) is 31.0 Å². The number of hydrogen-bond acceptors (Lipinski definition) is 5. The quantitative estimate of drug-likeness (QED) is 0.874. The number of rotatable bonds is 4. The molecule has 0 aliphatic carbocycles. The average Bonchev–Trinajstić information content (AvgIpc) is 3.10. The van der Waals surface area contributed by atoms with Gasteiger partial charge in [-0.15, -0.1) is 0 Å². The summed E-state index contributed by atoms with van der Waals surface area (Å²) in [6.45, 7) is 2.68. The van der Waals surface area contributed by atoms with E-state index < -0.39 is 0 Å². The Hall–Kier alpha value is -1.95. The largest absolute Gasteiger partial charge is 0.383 e. The van der Waals surface area contributed by atoms with Crippen molar-refractivity contribution in [2.45, 2.75) is 6.42 Å². The summed E-state index contributed by atoms with van der Waals surface area (Å²) in [7, 11) is 0. The second kappa shape index (κ2) is 5.14. The molecule has 6 nitrogen and oxygen atoms in total. The van der Waals surface area contributed by atoms with E-state index in [-0.39, 0.29) is 0 Å². The summed E-state index contributed by atoms with van der Waals surface area (Å²) in [5.74, 6) is 1.38. The number of hydrogen-bond donors (Lipinski definition) is 1. The van der Waals surface area contributed by atoms with Crippen molar-refractivity contribution in [1.29, 1.82) is 0 Å². The molecular weight excluding hydrogens is 230 g/mol. The lowest BCUT2D eigenvalue weighted by Gasteiger charge is -2.10. The minimum absolute atomic E-state index is 0.611. The molecule has 0 saturated carbocycles. The average molecular weight is 245 g/mol. The molecule has 3 rings (SSSR count). The fourth-order valence-corrected chi connectivity index (χ4v) is 1.96. The number of ether oxygens (including phenoxy) is 1. The maximum absolute atomic E-state index is 5.34. The van der Waals surface area contributed by atoms with Gasteiger partial charge >= 0.3 is 0 Å². The van der Waals surface area contributed by atoms with Crippen LogP contribution >= 0.6 is 0 Å². The van der Waals surface area contributed by atoms with Crippen LogP contribution in [0, 0.1) is 5.92 Å². The molecule has 1 saturated heterocycles. The van der Waals surface area contributed by atoms with Crippen LogP contribution in [0.2, 0.25) is 0 Å². The first-order valence-corrected chi connectivity index (χ1v) is 6.04. The van der Waals surface area contributed by atoms with Crippen LogP contribution in [0.15, 0.2) is 31.0 Å². The van der Waals surface area contributed by atoms with Crippen molar-refractivity contribution in [1.82, 2.24) is 19.7 Å². The molecule has 1 fully saturated rings. The number of pyridine rings is 1. The Morgan fingerprint density at radius 3 is 3.11 bits per heavy atom. The Kier molecular flexibility index (Phi) is 3.18. The first kappa shape index (κ1) is 11.2. The van der Waals surface area contributed by atoms with Gasteiger partial charge < -0.3 is 10.1 Å². The molecular formula is C12H15N5O. The zero-order valence-corrected chi connectivity index (χ0v) is 9.99. The Labute approximate surface area is 105 Å². The molecule has 3 heterocycles. The number of nitrogens with zero attached hydrogens (tertiary/aromatic N) is 4. The molecule has 0 aromatic carbocycles. The monoisotopic (exact) mass is 245 g/mol. The van der Waals surface area contributed by atoms with Crippen LogP contribution in [0.3, 0.4) is 0 Å². The van der Waals surface area contributed by atoms with E-state index in [1.165, 1.54) is 6.33 Å². The van der Waals surface area contributed by atoms with Crippen molar-refractivity contribution >= 4 is 5.69 Å². The summed E-state index contributed by atoms with van der Waals surface area (Å²) in [5.41, 5.74) is 1.02. The maximum atomic E-state index is 5.34. The van der Waals surface area contributed by atoms with E-state index >= 15 is 0 Å². The van der Waals surface area contributed by atoms with Gasteiger partial charge in [0.2, 0.25) is 0 Å². The second-order valence-corrected chi connectivity index (χ2v) is 4.36. The molecule has 0 radical (unpaired) electrons. The molecule has 1 aliphatic heterocycles. The van der Waals surface area contributed by atoms with Gasteiger partial charge in [-0.2, -0.15) is 5.10 Å². The van der Waals surface area contributed by atoms with E-state index in [1.807, 2.05) is 18.3 Å². The Morgan fingerprint density at radius 1 is 1.44 bits per heavy atom. The number of aromatic nitrogens is 4. The lowest BCUT2D eigenvalue weighted by molar-refractivity contribution is 0.187. The van der Waals surface area contributed by atoms with Gasteiger partial charge in [-0.3, -0.25) is 0 Å². The van der Waals surface area contributed by atoms with Gasteiger partial charge in [0.25, 0.3) is 0 Å². The molecule has 1 N–H and O–H groups in total. The Morgan fingerprint density at radius 2 is 2.44 bits per heavy atom. The summed E-state index contributed by atoms with van der Waals surface area (Å²) in [5, 5.41) is 7.40. The molecule has 2 aromatic heterocycles. The highest BCUT2D eigenvalue weighted by Crippen LogP contribution is 2.14. The van der Waals surface area contributed by atoms with Crippen LogP contribution in [-0.4, -0.2) is 39.5 Å². The normalized spacial score (nSPS) is 19.0. The summed E-state index contributed by atoms with van der Waals surface area (Å²) in [4.78, 5) is 8.23. The summed E-state index contributed by atoms with van der Waals surface area (Å²) in [6, 6.07) is 3.92. The molecule has 6 heteroatoms. The third-order valence-corrected chi connectivity index (χ3v) is 3.02. The van der Waals surface area contributed by atoms with Crippen LogP contribution in [-0.2, 0) is 4.74 Å². The molecule has 2 aromatic rings. The van der Waals surface area contributed by atoms with E-state index in [1.54, 1.807) is 11.0 Å². The lowest BCUT2D eigenvalue weighted by atomic mass is 10.1.